The highest BCUT2D eigenvalue weighted by atomic mass is 19.4. The number of rotatable bonds is 7. The Kier molecular flexibility index (Phi) is 6.44. The van der Waals surface area contributed by atoms with Crippen LogP contribution in [0.2, 0.25) is 0 Å². The number of nitrogens with zero attached hydrogens (tertiary/aromatic N) is 2. The Hall–Kier alpha value is -1.80. The van der Waals surface area contributed by atoms with Gasteiger partial charge in [0.05, 0.1) is 6.61 Å². The van der Waals surface area contributed by atoms with E-state index in [0.29, 0.717) is 0 Å². The number of hydrogen-bond donors (Lipinski definition) is 3. The van der Waals surface area contributed by atoms with Crippen molar-refractivity contribution in [2.45, 2.75) is 12.7 Å². The van der Waals surface area contributed by atoms with Crippen molar-refractivity contribution in [1.82, 2.24) is 4.90 Å². The van der Waals surface area contributed by atoms with Crippen molar-refractivity contribution in [2.75, 3.05) is 19.7 Å². The lowest BCUT2D eigenvalue weighted by atomic mass is 10.1. The van der Waals surface area contributed by atoms with Crippen LogP contribution in [0.4, 0.5) is 13.2 Å². The number of aliphatic hydroxyl groups excluding tert-OH is 1. The van der Waals surface area contributed by atoms with E-state index in [4.69, 9.17) is 16.0 Å². The molecule has 1 atom stereocenters. The quantitative estimate of drug-likeness (QED) is 0.308. The van der Waals surface area contributed by atoms with Crippen molar-refractivity contribution >= 4 is 5.84 Å². The van der Waals surface area contributed by atoms with Crippen LogP contribution in [0.25, 0.3) is 0 Å². The van der Waals surface area contributed by atoms with Crippen molar-refractivity contribution < 1.29 is 23.5 Å². The molecule has 1 aromatic rings. The van der Waals surface area contributed by atoms with Gasteiger partial charge in [0.25, 0.3) is 0 Å². The topological polar surface area (TPSA) is 82.1 Å². The summed E-state index contributed by atoms with van der Waals surface area (Å²) in [5.41, 5.74) is 5.94. The van der Waals surface area contributed by atoms with E-state index in [0.717, 1.165) is 5.56 Å². The van der Waals surface area contributed by atoms with Gasteiger partial charge in [-0.05, 0) is 5.56 Å². The largest absolute Gasteiger partial charge is 0.409 e. The van der Waals surface area contributed by atoms with Crippen molar-refractivity contribution in [3.8, 4) is 0 Å². The molecule has 0 aliphatic carbocycles. The van der Waals surface area contributed by atoms with Gasteiger partial charge in [0.15, 0.2) is 5.84 Å². The minimum atomic E-state index is -4.62. The second-order valence-corrected chi connectivity index (χ2v) is 4.56. The molecule has 0 saturated heterocycles. The van der Waals surface area contributed by atoms with Gasteiger partial charge >= 0.3 is 6.18 Å². The number of nitrogens with two attached hydrogens (primary N) is 1. The summed E-state index contributed by atoms with van der Waals surface area (Å²) in [4.78, 5) is 1.41. The van der Waals surface area contributed by atoms with Crippen LogP contribution in [-0.4, -0.2) is 46.9 Å². The van der Waals surface area contributed by atoms with Crippen LogP contribution in [0.15, 0.2) is 35.5 Å². The number of oxime groups is 1. The van der Waals surface area contributed by atoms with Crippen molar-refractivity contribution in [3.63, 3.8) is 0 Å². The van der Waals surface area contributed by atoms with E-state index < -0.39 is 24.5 Å². The summed E-state index contributed by atoms with van der Waals surface area (Å²) in [6.07, 6.45) is -4.62. The molecule has 1 aromatic carbocycles. The average Bonchev–Trinajstić information content (AvgIpc) is 2.44. The number of amidine groups is 1. The molecule has 0 spiro atoms. The third-order valence-electron chi connectivity index (χ3n) is 2.97. The lowest BCUT2D eigenvalue weighted by Gasteiger charge is -2.27. The summed E-state index contributed by atoms with van der Waals surface area (Å²) in [5.74, 6) is -2.98. The van der Waals surface area contributed by atoms with Gasteiger partial charge in [0, 0.05) is 19.6 Å². The summed E-state index contributed by atoms with van der Waals surface area (Å²) < 4.78 is 38.8. The highest BCUT2D eigenvalue weighted by Gasteiger charge is 2.43. The van der Waals surface area contributed by atoms with Gasteiger partial charge in [0.1, 0.15) is 5.92 Å². The number of benzene rings is 1. The molecule has 0 saturated carbocycles. The summed E-state index contributed by atoms with van der Waals surface area (Å²) in [6, 6.07) is 8.90. The maximum atomic E-state index is 12.9. The fraction of sp³-hybridized carbons (Fsp3) is 0.462. The van der Waals surface area contributed by atoms with Gasteiger partial charge in [-0.2, -0.15) is 13.2 Å². The van der Waals surface area contributed by atoms with Crippen molar-refractivity contribution in [3.05, 3.63) is 35.9 Å². The molecule has 4 N–H and O–H groups in total. The molecular weight excluding hydrogens is 287 g/mol. The van der Waals surface area contributed by atoms with Crippen LogP contribution < -0.4 is 5.73 Å². The van der Waals surface area contributed by atoms with E-state index >= 15 is 0 Å². The van der Waals surface area contributed by atoms with E-state index in [2.05, 4.69) is 5.16 Å². The Morgan fingerprint density at radius 3 is 2.38 bits per heavy atom. The Balaban J connectivity index is 2.84. The summed E-state index contributed by atoms with van der Waals surface area (Å²) in [7, 11) is 0. The zero-order chi connectivity index (χ0) is 15.9. The fourth-order valence-electron chi connectivity index (χ4n) is 1.91. The molecule has 0 aliphatic heterocycles. The van der Waals surface area contributed by atoms with Crippen LogP contribution in [-0.2, 0) is 6.54 Å². The third-order valence-corrected chi connectivity index (χ3v) is 2.97. The highest BCUT2D eigenvalue weighted by molar-refractivity contribution is 5.83. The zero-order valence-corrected chi connectivity index (χ0v) is 11.3. The van der Waals surface area contributed by atoms with E-state index in [1.807, 2.05) is 0 Å². The molecule has 0 heterocycles. The molecule has 0 fully saturated rings. The smallest absolute Gasteiger partial charge is 0.400 e. The Morgan fingerprint density at radius 1 is 1.29 bits per heavy atom. The van der Waals surface area contributed by atoms with Gasteiger partial charge in [-0.3, -0.25) is 4.90 Å². The first-order valence-electron chi connectivity index (χ1n) is 6.29. The predicted octanol–water partition coefficient (Wildman–Crippen LogP) is 1.41. The van der Waals surface area contributed by atoms with Gasteiger partial charge in [-0.1, -0.05) is 35.5 Å². The molecule has 118 valence electrons. The fourth-order valence-corrected chi connectivity index (χ4v) is 1.91. The second-order valence-electron chi connectivity index (χ2n) is 4.56. The first-order chi connectivity index (χ1) is 9.88. The zero-order valence-electron chi connectivity index (χ0n) is 11.3. The minimum absolute atomic E-state index is 0.0557. The third kappa shape index (κ3) is 5.60. The Bertz CT molecular complexity index is 452. The van der Waals surface area contributed by atoms with Crippen LogP contribution in [0.1, 0.15) is 5.56 Å². The molecule has 8 heteroatoms. The molecule has 0 radical (unpaired) electrons. The number of alkyl halides is 3. The molecule has 0 amide bonds. The van der Waals surface area contributed by atoms with E-state index in [-0.39, 0.29) is 19.7 Å². The number of hydrogen-bond acceptors (Lipinski definition) is 4. The molecule has 21 heavy (non-hydrogen) atoms. The van der Waals surface area contributed by atoms with Crippen LogP contribution in [0.5, 0.6) is 0 Å². The SMILES string of the molecule is N/C(=N/O)C(CN(CCO)Cc1ccccc1)C(F)(F)F. The molecule has 0 bridgehead atoms. The average molecular weight is 305 g/mol. The van der Waals surface area contributed by atoms with Gasteiger partial charge < -0.3 is 16.0 Å². The molecule has 1 unspecified atom stereocenters. The van der Waals surface area contributed by atoms with Crippen LogP contribution >= 0.6 is 0 Å². The standard InChI is InChI=1S/C13H18F3N3O2/c14-13(15,16)11(12(17)18-21)9-19(6-7-20)8-10-4-2-1-3-5-10/h1-5,11,20-21H,6-9H2,(H2,17,18). The predicted molar refractivity (Wildman–Crippen MR) is 71.8 cm³/mol. The summed E-state index contributed by atoms with van der Waals surface area (Å²) in [6.45, 7) is -0.491. The maximum absolute atomic E-state index is 12.9. The summed E-state index contributed by atoms with van der Waals surface area (Å²) >= 11 is 0. The maximum Gasteiger partial charge on any atom is 0.400 e. The monoisotopic (exact) mass is 305 g/mol. The second kappa shape index (κ2) is 7.84. The first kappa shape index (κ1) is 17.3. The Labute approximate surface area is 120 Å². The van der Waals surface area contributed by atoms with Crippen molar-refractivity contribution in [1.29, 1.82) is 0 Å². The Morgan fingerprint density at radius 2 is 1.90 bits per heavy atom. The molecule has 0 aromatic heterocycles. The van der Waals surface area contributed by atoms with E-state index in [1.54, 1.807) is 30.3 Å². The lowest BCUT2D eigenvalue weighted by Crippen LogP contribution is -2.45. The van der Waals surface area contributed by atoms with Gasteiger partial charge in [-0.15, -0.1) is 0 Å². The molecule has 1 rings (SSSR count). The molecule has 5 nitrogen and oxygen atoms in total. The van der Waals surface area contributed by atoms with Crippen LogP contribution in [0.3, 0.4) is 0 Å². The van der Waals surface area contributed by atoms with Crippen LogP contribution in [0, 0.1) is 5.92 Å². The van der Waals surface area contributed by atoms with Gasteiger partial charge in [-0.25, -0.2) is 0 Å². The molecular formula is C13H18F3N3O2. The van der Waals surface area contributed by atoms with Gasteiger partial charge in [0.2, 0.25) is 0 Å². The lowest BCUT2D eigenvalue weighted by molar-refractivity contribution is -0.160. The minimum Gasteiger partial charge on any atom is -0.409 e. The van der Waals surface area contributed by atoms with Crippen molar-refractivity contribution in [2.24, 2.45) is 16.8 Å². The number of halogens is 3. The van der Waals surface area contributed by atoms with E-state index in [1.165, 1.54) is 4.90 Å². The molecule has 0 aliphatic rings. The first-order valence-corrected chi connectivity index (χ1v) is 6.29. The normalized spacial score (nSPS) is 14.4. The van der Waals surface area contributed by atoms with E-state index in [9.17, 15) is 13.2 Å². The highest BCUT2D eigenvalue weighted by Crippen LogP contribution is 2.27. The summed E-state index contributed by atoms with van der Waals surface area (Å²) in [5, 5.41) is 19.9. The number of aliphatic hydroxyl groups is 1.